The molecule has 14 heavy (non-hydrogen) atoms. The maximum atomic E-state index is 10.9. The zero-order valence-electron chi connectivity index (χ0n) is 7.24. The van der Waals surface area contributed by atoms with Gasteiger partial charge >= 0.3 is 5.97 Å². The molecule has 0 saturated heterocycles. The first-order valence-electron chi connectivity index (χ1n) is 4.11. The lowest BCUT2D eigenvalue weighted by atomic mass is 10.1. The number of ether oxygens (including phenoxy) is 1. The number of hydrogen-bond acceptors (Lipinski definition) is 4. The number of carbonyl (C=O) groups is 1. The molecule has 2 N–H and O–H groups in total. The van der Waals surface area contributed by atoms with Crippen molar-refractivity contribution >= 4 is 18.2 Å². The van der Waals surface area contributed by atoms with Crippen LogP contribution in [0.2, 0.25) is 0 Å². The quantitative estimate of drug-likeness (QED) is 0.677. The molecule has 1 aliphatic rings. The second-order valence-electron chi connectivity index (χ2n) is 2.96. The summed E-state index contributed by atoms with van der Waals surface area (Å²) in [6.45, 7) is 0.904. The summed E-state index contributed by atoms with van der Waals surface area (Å²) < 4.78 is 5.37. The van der Waals surface area contributed by atoms with E-state index in [1.54, 1.807) is 0 Å². The number of carboxylic acids is 1. The Hall–Kier alpha value is -1.27. The normalized spacial score (nSPS) is 14.9. The van der Waals surface area contributed by atoms with Gasteiger partial charge in [0.05, 0.1) is 13.2 Å². The lowest BCUT2D eigenvalue weighted by Crippen LogP contribution is -2.18. The number of nitrogens with zero attached hydrogens (tertiary/aromatic N) is 1. The summed E-state index contributed by atoms with van der Waals surface area (Å²) in [5, 5.41) is 8.90. The molecule has 0 atom stereocenters. The molecule has 74 valence electrons. The molecule has 1 aliphatic heterocycles. The van der Waals surface area contributed by atoms with Crippen LogP contribution in [0.5, 0.6) is 0 Å². The van der Waals surface area contributed by atoms with Crippen molar-refractivity contribution in [2.75, 3.05) is 6.61 Å². The Kier molecular flexibility index (Phi) is 2.30. The number of rotatable bonds is 1. The van der Waals surface area contributed by atoms with Crippen LogP contribution in [-0.2, 0) is 17.8 Å². The van der Waals surface area contributed by atoms with Crippen molar-refractivity contribution in [2.24, 2.45) is 0 Å². The molecule has 0 aliphatic carbocycles. The Bertz CT molecular complexity index is 441. The minimum atomic E-state index is -1.04. The molecular formula is C8H8N2O3S. The van der Waals surface area contributed by atoms with Gasteiger partial charge in [-0.15, -0.1) is 0 Å². The number of carboxylic acid groups (broad SMARTS) is 1. The minimum absolute atomic E-state index is 0.0482. The number of aromatic amines is 1. The molecule has 0 saturated carbocycles. The molecule has 0 fully saturated rings. The predicted molar refractivity (Wildman–Crippen MR) is 49.7 cm³/mol. The average Bonchev–Trinajstić information content (AvgIpc) is 2.16. The van der Waals surface area contributed by atoms with Gasteiger partial charge in [0, 0.05) is 17.7 Å². The highest BCUT2D eigenvalue weighted by molar-refractivity contribution is 7.71. The van der Waals surface area contributed by atoms with E-state index in [1.165, 1.54) is 0 Å². The van der Waals surface area contributed by atoms with Crippen molar-refractivity contribution in [2.45, 2.75) is 13.0 Å². The summed E-state index contributed by atoms with van der Waals surface area (Å²) in [4.78, 5) is 17.5. The number of nitrogens with one attached hydrogen (secondary N) is 1. The van der Waals surface area contributed by atoms with Gasteiger partial charge in [-0.05, 0) is 12.2 Å². The molecule has 5 nitrogen and oxygen atoms in total. The molecule has 2 heterocycles. The van der Waals surface area contributed by atoms with Gasteiger partial charge in [0.25, 0.3) is 0 Å². The van der Waals surface area contributed by atoms with Crippen LogP contribution in [0.25, 0.3) is 0 Å². The Morgan fingerprint density at radius 3 is 3.14 bits per heavy atom. The van der Waals surface area contributed by atoms with E-state index >= 15 is 0 Å². The first kappa shape index (κ1) is 9.29. The van der Waals surface area contributed by atoms with E-state index in [2.05, 4.69) is 9.97 Å². The van der Waals surface area contributed by atoms with E-state index in [0.717, 1.165) is 5.69 Å². The predicted octanol–water partition coefficient (Wildman–Crippen LogP) is 0.910. The number of aromatic nitrogens is 2. The summed E-state index contributed by atoms with van der Waals surface area (Å²) in [5.41, 5.74) is 1.48. The van der Waals surface area contributed by atoms with Crippen molar-refractivity contribution in [1.82, 2.24) is 9.97 Å². The first-order chi connectivity index (χ1) is 6.68. The third-order valence-electron chi connectivity index (χ3n) is 2.07. The summed E-state index contributed by atoms with van der Waals surface area (Å²) in [6, 6.07) is 0. The average molecular weight is 212 g/mol. The SMILES string of the molecule is O=C(O)c1nc(=S)[nH]c2c1CCOC2. The summed E-state index contributed by atoms with van der Waals surface area (Å²) in [7, 11) is 0. The Morgan fingerprint density at radius 1 is 1.64 bits per heavy atom. The molecule has 1 aromatic heterocycles. The molecule has 0 unspecified atom stereocenters. The van der Waals surface area contributed by atoms with Crippen LogP contribution in [0.1, 0.15) is 21.7 Å². The summed E-state index contributed by atoms with van der Waals surface area (Å²) >= 11 is 4.82. The smallest absolute Gasteiger partial charge is 0.354 e. The summed E-state index contributed by atoms with van der Waals surface area (Å²) in [6.07, 6.45) is 0.566. The van der Waals surface area contributed by atoms with E-state index in [9.17, 15) is 4.79 Å². The highest BCUT2D eigenvalue weighted by Crippen LogP contribution is 2.17. The zero-order valence-corrected chi connectivity index (χ0v) is 8.06. The highest BCUT2D eigenvalue weighted by atomic mass is 32.1. The van der Waals surface area contributed by atoms with Crippen LogP contribution in [0, 0.1) is 4.77 Å². The van der Waals surface area contributed by atoms with E-state index in [-0.39, 0.29) is 10.5 Å². The topological polar surface area (TPSA) is 75.2 Å². The fourth-order valence-electron chi connectivity index (χ4n) is 1.46. The second kappa shape index (κ2) is 3.47. The van der Waals surface area contributed by atoms with Gasteiger partial charge in [-0.3, -0.25) is 0 Å². The number of aromatic carboxylic acids is 1. The fourth-order valence-corrected chi connectivity index (χ4v) is 1.68. The maximum absolute atomic E-state index is 10.9. The molecule has 0 aromatic carbocycles. The molecule has 2 rings (SSSR count). The van der Waals surface area contributed by atoms with Crippen LogP contribution in [0.15, 0.2) is 0 Å². The van der Waals surface area contributed by atoms with Gasteiger partial charge in [0.1, 0.15) is 0 Å². The minimum Gasteiger partial charge on any atom is -0.476 e. The van der Waals surface area contributed by atoms with Crippen molar-refractivity contribution in [3.05, 3.63) is 21.7 Å². The summed E-state index contributed by atoms with van der Waals surface area (Å²) in [5.74, 6) is -1.04. The van der Waals surface area contributed by atoms with Crippen molar-refractivity contribution in [3.63, 3.8) is 0 Å². The van der Waals surface area contributed by atoms with Gasteiger partial charge in [0.2, 0.25) is 0 Å². The van der Waals surface area contributed by atoms with E-state index < -0.39 is 5.97 Å². The Labute approximate surface area is 84.8 Å². The Morgan fingerprint density at radius 2 is 2.43 bits per heavy atom. The maximum Gasteiger partial charge on any atom is 0.354 e. The standard InChI is InChI=1S/C8H8N2O3S/c11-7(12)6-4-1-2-13-3-5(4)9-8(14)10-6/h1-3H2,(H,11,12)(H,9,10,14). The van der Waals surface area contributed by atoms with Crippen molar-refractivity contribution in [3.8, 4) is 0 Å². The molecule has 0 bridgehead atoms. The van der Waals surface area contributed by atoms with Crippen molar-refractivity contribution < 1.29 is 14.6 Å². The molecule has 0 amide bonds. The highest BCUT2D eigenvalue weighted by Gasteiger charge is 2.19. The number of H-pyrrole nitrogens is 1. The van der Waals surface area contributed by atoms with Gasteiger partial charge in [-0.1, -0.05) is 0 Å². The third-order valence-corrected chi connectivity index (χ3v) is 2.26. The van der Waals surface area contributed by atoms with Crippen LogP contribution in [0.4, 0.5) is 0 Å². The molecular weight excluding hydrogens is 204 g/mol. The van der Waals surface area contributed by atoms with Gasteiger partial charge < -0.3 is 14.8 Å². The zero-order chi connectivity index (χ0) is 10.1. The van der Waals surface area contributed by atoms with E-state index in [0.29, 0.717) is 25.2 Å². The number of fused-ring (bicyclic) bond motifs is 1. The third kappa shape index (κ3) is 1.53. The van der Waals surface area contributed by atoms with Crippen LogP contribution < -0.4 is 0 Å². The van der Waals surface area contributed by atoms with E-state index in [1.807, 2.05) is 0 Å². The molecule has 6 heteroatoms. The van der Waals surface area contributed by atoms with Crippen LogP contribution >= 0.6 is 12.2 Å². The molecule has 1 aromatic rings. The van der Waals surface area contributed by atoms with Gasteiger partial charge in [-0.2, -0.15) is 0 Å². The van der Waals surface area contributed by atoms with Gasteiger partial charge in [-0.25, -0.2) is 9.78 Å². The van der Waals surface area contributed by atoms with E-state index in [4.69, 9.17) is 22.1 Å². The van der Waals surface area contributed by atoms with Crippen molar-refractivity contribution in [1.29, 1.82) is 0 Å². The van der Waals surface area contributed by atoms with Crippen LogP contribution in [0.3, 0.4) is 0 Å². The molecule has 0 radical (unpaired) electrons. The first-order valence-corrected chi connectivity index (χ1v) is 4.52. The monoisotopic (exact) mass is 212 g/mol. The number of hydrogen-bond donors (Lipinski definition) is 2. The second-order valence-corrected chi connectivity index (χ2v) is 3.34. The molecule has 0 spiro atoms. The Balaban J connectivity index is 2.64. The van der Waals surface area contributed by atoms with Gasteiger partial charge in [0.15, 0.2) is 10.5 Å². The lowest BCUT2D eigenvalue weighted by molar-refractivity contribution is 0.0681. The largest absolute Gasteiger partial charge is 0.476 e. The fraction of sp³-hybridized carbons (Fsp3) is 0.375. The van der Waals surface area contributed by atoms with Crippen LogP contribution in [-0.4, -0.2) is 27.7 Å². The lowest BCUT2D eigenvalue weighted by Gasteiger charge is -2.16.